The average molecular weight is 586 g/mol. The number of rotatable bonds is 6. The van der Waals surface area contributed by atoms with E-state index in [-0.39, 0.29) is 5.91 Å². The van der Waals surface area contributed by atoms with Gasteiger partial charge in [-0.05, 0) is 94.5 Å². The van der Waals surface area contributed by atoms with Crippen molar-refractivity contribution in [2.45, 2.75) is 0 Å². The fourth-order valence-corrected chi connectivity index (χ4v) is 4.63. The van der Waals surface area contributed by atoms with Crippen LogP contribution < -0.4 is 19.5 Å². The number of hydrogen-bond donors (Lipinski definition) is 1. The van der Waals surface area contributed by atoms with Crippen LogP contribution in [0, 0.1) is 3.57 Å². The van der Waals surface area contributed by atoms with Gasteiger partial charge >= 0.3 is 5.97 Å². The quantitative estimate of drug-likeness (QED) is 0.180. The van der Waals surface area contributed by atoms with Gasteiger partial charge in [-0.2, -0.15) is 0 Å². The van der Waals surface area contributed by atoms with Crippen molar-refractivity contribution in [2.75, 3.05) is 14.2 Å². The van der Waals surface area contributed by atoms with E-state index in [0.717, 1.165) is 11.3 Å². The van der Waals surface area contributed by atoms with Crippen molar-refractivity contribution in [3.8, 4) is 17.2 Å². The molecule has 1 heterocycles. The number of amidine groups is 1. The maximum atomic E-state index is 12.6. The van der Waals surface area contributed by atoms with Crippen molar-refractivity contribution in [2.24, 2.45) is 4.99 Å². The maximum Gasteiger partial charge on any atom is 0.343 e. The van der Waals surface area contributed by atoms with E-state index >= 15 is 0 Å². The number of carbonyl (C=O) groups excluding carboxylic acids is 2. The van der Waals surface area contributed by atoms with E-state index in [4.69, 9.17) is 14.2 Å². The molecular formula is C25H19IN2O5S. The Kier molecular flexibility index (Phi) is 7.53. The molecule has 1 N–H and O–H groups in total. The molecule has 0 aromatic heterocycles. The highest BCUT2D eigenvalue weighted by Crippen LogP contribution is 2.36. The summed E-state index contributed by atoms with van der Waals surface area (Å²) in [6, 6.07) is 19.6. The number of esters is 1. The number of hydrogen-bond acceptors (Lipinski definition) is 7. The zero-order chi connectivity index (χ0) is 24.1. The normalized spacial score (nSPS) is 15.3. The second-order valence-corrected chi connectivity index (χ2v) is 9.16. The summed E-state index contributed by atoms with van der Waals surface area (Å²) in [6.45, 7) is 0. The predicted octanol–water partition coefficient (Wildman–Crippen LogP) is 5.42. The van der Waals surface area contributed by atoms with Crippen molar-refractivity contribution < 1.29 is 23.8 Å². The molecule has 9 heteroatoms. The Morgan fingerprint density at radius 1 is 1.03 bits per heavy atom. The van der Waals surface area contributed by atoms with Crippen LogP contribution in [0.4, 0.5) is 5.69 Å². The minimum absolute atomic E-state index is 0.233. The Balaban J connectivity index is 1.55. The predicted molar refractivity (Wildman–Crippen MR) is 141 cm³/mol. The van der Waals surface area contributed by atoms with Crippen LogP contribution in [0.2, 0.25) is 0 Å². The largest absolute Gasteiger partial charge is 0.497 e. The number of benzene rings is 3. The molecular weight excluding hydrogens is 567 g/mol. The zero-order valence-electron chi connectivity index (χ0n) is 18.2. The lowest BCUT2D eigenvalue weighted by atomic mass is 10.1. The summed E-state index contributed by atoms with van der Waals surface area (Å²) in [4.78, 5) is 30.0. The third-order valence-corrected chi connectivity index (χ3v) is 6.42. The molecule has 1 amide bonds. The molecule has 1 aliphatic rings. The Hall–Kier alpha value is -3.31. The van der Waals surface area contributed by atoms with Gasteiger partial charge in [0, 0.05) is 0 Å². The van der Waals surface area contributed by atoms with Gasteiger partial charge in [-0.15, -0.1) is 0 Å². The van der Waals surface area contributed by atoms with Crippen molar-refractivity contribution in [1.29, 1.82) is 0 Å². The van der Waals surface area contributed by atoms with E-state index in [9.17, 15) is 9.59 Å². The van der Waals surface area contributed by atoms with Crippen LogP contribution in [0.5, 0.6) is 17.2 Å². The Labute approximate surface area is 214 Å². The summed E-state index contributed by atoms with van der Waals surface area (Å²) in [7, 11) is 3.05. The number of thioether (sulfide) groups is 1. The summed E-state index contributed by atoms with van der Waals surface area (Å²) in [5, 5.41) is 3.28. The fourth-order valence-electron chi connectivity index (χ4n) is 3.05. The summed E-state index contributed by atoms with van der Waals surface area (Å²) in [5.41, 5.74) is 1.86. The van der Waals surface area contributed by atoms with Crippen LogP contribution in [0.1, 0.15) is 15.9 Å². The molecule has 4 rings (SSSR count). The van der Waals surface area contributed by atoms with Gasteiger partial charge in [0.25, 0.3) is 5.91 Å². The third-order valence-electron chi connectivity index (χ3n) is 4.71. The first-order valence-electron chi connectivity index (χ1n) is 10.0. The lowest BCUT2D eigenvalue weighted by molar-refractivity contribution is -0.115. The van der Waals surface area contributed by atoms with Crippen molar-refractivity contribution in [3.63, 3.8) is 0 Å². The highest BCUT2D eigenvalue weighted by Gasteiger charge is 2.24. The van der Waals surface area contributed by atoms with E-state index in [2.05, 4.69) is 32.9 Å². The Morgan fingerprint density at radius 3 is 2.44 bits per heavy atom. The number of methoxy groups -OCH3 is 2. The van der Waals surface area contributed by atoms with Gasteiger partial charge in [0.2, 0.25) is 0 Å². The number of carbonyl (C=O) groups is 2. The van der Waals surface area contributed by atoms with E-state index in [1.165, 1.54) is 18.9 Å². The molecule has 0 saturated carbocycles. The molecule has 0 radical (unpaired) electrons. The molecule has 1 saturated heterocycles. The number of nitrogens with one attached hydrogen (secondary N) is 1. The van der Waals surface area contributed by atoms with Crippen molar-refractivity contribution in [1.82, 2.24) is 5.32 Å². The standard InChI is InChI=1S/C25H19IN2O5S/c1-31-18-10-8-16(9-11-18)24(30)33-22-19(26)12-15(13-20(22)32-2)14-21-23(29)28-25(34-21)27-17-6-4-3-5-7-17/h3-14H,1-2H3,(H,27,28,29)/b21-14-. The van der Waals surface area contributed by atoms with Gasteiger partial charge in [0.05, 0.1) is 33.9 Å². The van der Waals surface area contributed by atoms with Crippen LogP contribution in [0.3, 0.4) is 0 Å². The number of aliphatic imine (C=N–C) groups is 1. The fraction of sp³-hybridized carbons (Fsp3) is 0.0800. The minimum atomic E-state index is -0.516. The van der Waals surface area contributed by atoms with Gasteiger partial charge in [0.15, 0.2) is 16.7 Å². The number of amides is 1. The summed E-state index contributed by atoms with van der Waals surface area (Å²) >= 11 is 3.33. The molecule has 7 nitrogen and oxygen atoms in total. The second-order valence-electron chi connectivity index (χ2n) is 6.97. The molecule has 3 aromatic rings. The Bertz CT molecular complexity index is 1290. The molecule has 1 fully saturated rings. The monoisotopic (exact) mass is 586 g/mol. The van der Waals surface area contributed by atoms with Crippen LogP contribution in [0.15, 0.2) is 76.6 Å². The first-order valence-corrected chi connectivity index (χ1v) is 11.9. The number of nitrogens with zero attached hydrogens (tertiary/aromatic N) is 1. The molecule has 1 aliphatic heterocycles. The number of para-hydroxylation sites is 1. The molecule has 172 valence electrons. The van der Waals surface area contributed by atoms with E-state index < -0.39 is 5.97 Å². The molecule has 0 unspecified atom stereocenters. The second kappa shape index (κ2) is 10.7. The van der Waals surface area contributed by atoms with Crippen LogP contribution in [0.25, 0.3) is 6.08 Å². The maximum absolute atomic E-state index is 12.6. The van der Waals surface area contributed by atoms with E-state index in [1.807, 2.05) is 36.4 Å². The first-order chi connectivity index (χ1) is 16.5. The van der Waals surface area contributed by atoms with Crippen LogP contribution in [-0.4, -0.2) is 31.3 Å². The third kappa shape index (κ3) is 5.60. The van der Waals surface area contributed by atoms with Gasteiger partial charge in [-0.3, -0.25) is 4.79 Å². The molecule has 0 bridgehead atoms. The van der Waals surface area contributed by atoms with E-state index in [0.29, 0.717) is 36.5 Å². The zero-order valence-corrected chi connectivity index (χ0v) is 21.2. The number of ether oxygens (including phenoxy) is 3. The minimum Gasteiger partial charge on any atom is -0.497 e. The van der Waals surface area contributed by atoms with Gasteiger partial charge in [-0.1, -0.05) is 18.2 Å². The van der Waals surface area contributed by atoms with Gasteiger partial charge in [0.1, 0.15) is 5.75 Å². The summed E-state index contributed by atoms with van der Waals surface area (Å²) in [6.07, 6.45) is 1.74. The molecule has 3 aromatic carbocycles. The molecule has 0 aliphatic carbocycles. The lowest BCUT2D eigenvalue weighted by Gasteiger charge is -2.12. The molecule has 0 spiro atoms. The Morgan fingerprint density at radius 2 is 1.76 bits per heavy atom. The SMILES string of the molecule is COc1ccc(C(=O)Oc2c(I)cc(/C=C3\SC(=Nc4ccccc4)NC3=O)cc2OC)cc1. The van der Waals surface area contributed by atoms with Crippen molar-refractivity contribution in [3.05, 3.63) is 86.3 Å². The van der Waals surface area contributed by atoms with Crippen LogP contribution in [-0.2, 0) is 4.79 Å². The first kappa shape index (κ1) is 23.8. The molecule has 34 heavy (non-hydrogen) atoms. The van der Waals surface area contributed by atoms with Crippen molar-refractivity contribution >= 4 is 63.2 Å². The van der Waals surface area contributed by atoms with E-state index in [1.54, 1.807) is 43.5 Å². The van der Waals surface area contributed by atoms with Gasteiger partial charge < -0.3 is 19.5 Å². The summed E-state index contributed by atoms with van der Waals surface area (Å²) < 4.78 is 16.9. The number of halogens is 1. The smallest absolute Gasteiger partial charge is 0.343 e. The van der Waals surface area contributed by atoms with Gasteiger partial charge in [-0.25, -0.2) is 9.79 Å². The molecule has 0 atom stereocenters. The average Bonchev–Trinajstić information content (AvgIpc) is 3.19. The highest BCUT2D eigenvalue weighted by molar-refractivity contribution is 14.1. The van der Waals surface area contributed by atoms with Crippen LogP contribution >= 0.6 is 34.4 Å². The highest BCUT2D eigenvalue weighted by atomic mass is 127. The topological polar surface area (TPSA) is 86.2 Å². The summed E-state index contributed by atoms with van der Waals surface area (Å²) in [5.74, 6) is 0.580. The lowest BCUT2D eigenvalue weighted by Crippen LogP contribution is -2.19.